The van der Waals surface area contributed by atoms with Gasteiger partial charge in [0, 0.05) is 54.4 Å². The van der Waals surface area contributed by atoms with Crippen LogP contribution in [0.5, 0.6) is 0 Å². The maximum atomic E-state index is 13.5. The van der Waals surface area contributed by atoms with Gasteiger partial charge in [-0.2, -0.15) is 0 Å². The molecule has 0 radical (unpaired) electrons. The van der Waals surface area contributed by atoms with Crippen LogP contribution in [0.4, 0.5) is 5.69 Å². The maximum Gasteiger partial charge on any atom is 0.252 e. The topological polar surface area (TPSA) is 144 Å². The molecule has 1 fully saturated rings. The molecule has 2 amide bonds. The Bertz CT molecular complexity index is 1160. The molecule has 37 heavy (non-hydrogen) atoms. The first-order chi connectivity index (χ1) is 17.8. The molecule has 4 rings (SSSR count). The molecule has 2 heterocycles. The van der Waals surface area contributed by atoms with Crippen LogP contribution >= 0.6 is 0 Å². The lowest BCUT2D eigenvalue weighted by atomic mass is 9.93. The summed E-state index contributed by atoms with van der Waals surface area (Å²) in [6.45, 7) is 5.04. The summed E-state index contributed by atoms with van der Waals surface area (Å²) in [7, 11) is 0. The molecule has 1 atom stereocenters. The zero-order valence-corrected chi connectivity index (χ0v) is 21.7. The van der Waals surface area contributed by atoms with E-state index in [1.807, 2.05) is 38.1 Å². The molecule has 0 aromatic heterocycles. The lowest BCUT2D eigenvalue weighted by Gasteiger charge is -2.27. The number of anilines is 1. The average molecular weight is 507 g/mol. The summed E-state index contributed by atoms with van der Waals surface area (Å²) >= 11 is 0. The van der Waals surface area contributed by atoms with Crippen molar-refractivity contribution in [2.24, 2.45) is 5.73 Å². The molecular weight excluding hydrogens is 468 g/mol. The van der Waals surface area contributed by atoms with E-state index >= 15 is 0 Å². The van der Waals surface area contributed by atoms with Gasteiger partial charge in [-0.05, 0) is 68.0 Å². The summed E-state index contributed by atoms with van der Waals surface area (Å²) in [6, 6.07) is 4.17. The van der Waals surface area contributed by atoms with E-state index in [2.05, 4.69) is 16.0 Å². The van der Waals surface area contributed by atoms with Crippen LogP contribution in [0.3, 0.4) is 0 Å². The van der Waals surface area contributed by atoms with Crippen LogP contribution in [0, 0.1) is 5.41 Å². The summed E-state index contributed by atoms with van der Waals surface area (Å²) in [4.78, 5) is 27.2. The second-order valence-electron chi connectivity index (χ2n) is 10.0. The minimum Gasteiger partial charge on any atom is -0.382 e. The predicted molar refractivity (Wildman–Crippen MR) is 146 cm³/mol. The normalized spacial score (nSPS) is 20.2. The summed E-state index contributed by atoms with van der Waals surface area (Å²) in [5, 5.41) is 28.1. The number of nitrogens with zero attached hydrogens (tertiary/aromatic N) is 1. The molecule has 1 aromatic carbocycles. The first-order valence-corrected chi connectivity index (χ1v) is 13.0. The molecule has 0 bridgehead atoms. The number of aliphatic hydroxyl groups is 1. The second kappa shape index (κ2) is 11.7. The zero-order valence-electron chi connectivity index (χ0n) is 21.7. The number of benzene rings is 1. The van der Waals surface area contributed by atoms with Gasteiger partial charge < -0.3 is 37.1 Å². The van der Waals surface area contributed by atoms with Crippen LogP contribution in [0.1, 0.15) is 67.4 Å². The van der Waals surface area contributed by atoms with Crippen molar-refractivity contribution >= 4 is 29.3 Å². The van der Waals surface area contributed by atoms with Gasteiger partial charge in [-0.15, -0.1) is 0 Å². The van der Waals surface area contributed by atoms with Crippen molar-refractivity contribution in [1.29, 1.82) is 5.41 Å². The number of dihydropyridines is 1. The van der Waals surface area contributed by atoms with Crippen LogP contribution < -0.4 is 21.7 Å². The molecule has 0 saturated heterocycles. The number of rotatable bonds is 8. The summed E-state index contributed by atoms with van der Waals surface area (Å²) in [5.74, 6) is -0.378. The van der Waals surface area contributed by atoms with Crippen molar-refractivity contribution in [1.82, 2.24) is 15.5 Å². The minimum absolute atomic E-state index is 0.00747. The zero-order chi connectivity index (χ0) is 26.5. The van der Waals surface area contributed by atoms with Gasteiger partial charge in [-0.3, -0.25) is 9.59 Å². The minimum atomic E-state index is -0.856. The van der Waals surface area contributed by atoms with Crippen LogP contribution in [-0.4, -0.2) is 66.5 Å². The highest BCUT2D eigenvalue weighted by atomic mass is 16.3. The summed E-state index contributed by atoms with van der Waals surface area (Å²) < 4.78 is 0. The number of nitrogens with two attached hydrogens (primary N) is 1. The van der Waals surface area contributed by atoms with E-state index in [0.29, 0.717) is 42.3 Å². The van der Waals surface area contributed by atoms with Gasteiger partial charge in [0.1, 0.15) is 6.23 Å². The number of aliphatic hydroxyl groups excluding tert-OH is 1. The Kier molecular flexibility index (Phi) is 8.45. The molecule has 0 spiro atoms. The number of hydrogen-bond acceptors (Lipinski definition) is 7. The van der Waals surface area contributed by atoms with Crippen molar-refractivity contribution in [3.8, 4) is 0 Å². The van der Waals surface area contributed by atoms with Gasteiger partial charge in [-0.1, -0.05) is 18.9 Å². The van der Waals surface area contributed by atoms with E-state index in [1.54, 1.807) is 4.90 Å². The first-order valence-electron chi connectivity index (χ1n) is 13.0. The van der Waals surface area contributed by atoms with Gasteiger partial charge >= 0.3 is 0 Å². The summed E-state index contributed by atoms with van der Waals surface area (Å²) in [5.41, 5.74) is 11.7. The van der Waals surface area contributed by atoms with E-state index < -0.39 is 6.23 Å². The third kappa shape index (κ3) is 6.11. The fraction of sp³-hybridized carbons (Fsp3) is 0.464. The number of hydrogen-bond donors (Lipinski definition) is 6. The Balaban J connectivity index is 1.64. The molecule has 1 aromatic rings. The number of amides is 2. The molecule has 7 N–H and O–H groups in total. The van der Waals surface area contributed by atoms with Gasteiger partial charge in [-0.25, -0.2) is 0 Å². The quantitative estimate of drug-likeness (QED) is 0.299. The third-order valence-corrected chi connectivity index (χ3v) is 7.46. The molecular formula is C28H38N6O3. The van der Waals surface area contributed by atoms with Gasteiger partial charge in [0.05, 0.1) is 12.1 Å². The van der Waals surface area contributed by atoms with E-state index in [0.717, 1.165) is 40.9 Å². The van der Waals surface area contributed by atoms with Gasteiger partial charge in [0.15, 0.2) is 0 Å². The Hall–Kier alpha value is -3.43. The van der Waals surface area contributed by atoms with E-state index in [1.165, 1.54) is 19.1 Å². The highest BCUT2D eigenvalue weighted by Crippen LogP contribution is 2.32. The van der Waals surface area contributed by atoms with Crippen molar-refractivity contribution in [3.05, 3.63) is 57.8 Å². The molecule has 198 valence electrons. The second-order valence-corrected chi connectivity index (χ2v) is 10.0. The van der Waals surface area contributed by atoms with Crippen LogP contribution in [0.25, 0.3) is 5.57 Å². The Labute approximate surface area is 218 Å². The molecule has 9 heteroatoms. The van der Waals surface area contributed by atoms with E-state index in [9.17, 15) is 14.7 Å². The van der Waals surface area contributed by atoms with Crippen molar-refractivity contribution < 1.29 is 14.7 Å². The van der Waals surface area contributed by atoms with E-state index in [4.69, 9.17) is 11.1 Å². The average Bonchev–Trinajstić information content (AvgIpc) is 3.40. The number of carbonyl (C=O) groups is 2. The highest BCUT2D eigenvalue weighted by molar-refractivity contribution is 6.06. The van der Waals surface area contributed by atoms with Gasteiger partial charge in [0.25, 0.3) is 5.91 Å². The lowest BCUT2D eigenvalue weighted by molar-refractivity contribution is -0.129. The number of nitrogens with one attached hydrogen (secondary N) is 4. The molecule has 1 aliphatic carbocycles. The number of allylic oxidation sites excluding steroid dienone is 3. The molecule has 3 aliphatic rings. The monoisotopic (exact) mass is 506 g/mol. The van der Waals surface area contributed by atoms with E-state index in [-0.39, 0.29) is 24.9 Å². The smallest absolute Gasteiger partial charge is 0.252 e. The van der Waals surface area contributed by atoms with Crippen LogP contribution in [0.15, 0.2) is 41.1 Å². The van der Waals surface area contributed by atoms with Crippen LogP contribution in [0.2, 0.25) is 0 Å². The molecule has 1 unspecified atom stereocenters. The van der Waals surface area contributed by atoms with Crippen molar-refractivity contribution in [2.75, 3.05) is 31.5 Å². The third-order valence-electron chi connectivity index (χ3n) is 7.46. The molecule has 1 saturated carbocycles. The summed E-state index contributed by atoms with van der Waals surface area (Å²) in [6.07, 6.45) is 9.46. The fourth-order valence-corrected chi connectivity index (χ4v) is 5.36. The Morgan fingerprint density at radius 3 is 2.65 bits per heavy atom. The van der Waals surface area contributed by atoms with Crippen LogP contribution in [-0.2, 0) is 4.79 Å². The Morgan fingerprint density at radius 2 is 2.03 bits per heavy atom. The number of carbonyl (C=O) groups excluding carboxylic acids is 2. The SMILES string of the molecule is CC1=CC(C)=C(CNC(=O)c2cc(C3=CCN(C(=O)CN)CC3)cc(NC3CCCC3)c2C=N)C(O)N1. The van der Waals surface area contributed by atoms with Gasteiger partial charge in [0.2, 0.25) is 5.91 Å². The highest BCUT2D eigenvalue weighted by Gasteiger charge is 2.24. The largest absolute Gasteiger partial charge is 0.382 e. The first kappa shape index (κ1) is 26.6. The predicted octanol–water partition coefficient (Wildman–Crippen LogP) is 2.48. The standard InChI is InChI=1S/C28H38N6O3/c1-17-11-18(2)32-28(37)24(17)16-31-27(36)22-12-20(19-7-9-34(10-8-19)26(35)15-30)13-25(23(22)14-29)33-21-5-3-4-6-21/h7,11-14,21,28-29,32-33,37H,3-6,8-10,15-16,30H2,1-2H3,(H,31,36). The fourth-order valence-electron chi connectivity index (χ4n) is 5.36. The molecule has 9 nitrogen and oxygen atoms in total. The van der Waals surface area contributed by atoms with Crippen molar-refractivity contribution in [2.45, 2.75) is 58.2 Å². The lowest BCUT2D eigenvalue weighted by Crippen LogP contribution is -2.39. The Morgan fingerprint density at radius 1 is 1.27 bits per heavy atom. The maximum absolute atomic E-state index is 13.5. The van der Waals surface area contributed by atoms with Crippen molar-refractivity contribution in [3.63, 3.8) is 0 Å². The molecule has 2 aliphatic heterocycles.